The lowest BCUT2D eigenvalue weighted by atomic mass is 9.80. The number of hydrogen-bond acceptors (Lipinski definition) is 35. The van der Waals surface area contributed by atoms with Gasteiger partial charge in [0.1, 0.15) is 0 Å². The molecule has 0 bridgehead atoms. The van der Waals surface area contributed by atoms with Gasteiger partial charge in [-0.05, 0) is 174 Å². The van der Waals surface area contributed by atoms with Crippen LogP contribution in [0.5, 0.6) is 0 Å². The number of carboxylic acids is 2. The van der Waals surface area contributed by atoms with E-state index in [1.807, 2.05) is 90.4 Å². The topological polar surface area (TPSA) is 555 Å². The Balaban J connectivity index is -0.00000120. The number of carboxylic acid groups (broad SMARTS) is 2. The van der Waals surface area contributed by atoms with E-state index in [1.54, 1.807) is 42.3 Å². The smallest absolute Gasteiger partial charge is 0.331 e. The Kier molecular flexibility index (Phi) is 83.0. The summed E-state index contributed by atoms with van der Waals surface area (Å²) in [5, 5.41) is 44.7. The Morgan fingerprint density at radius 2 is 0.483 bits per heavy atom. The third-order valence-corrected chi connectivity index (χ3v) is 19.9. The quantitative estimate of drug-likeness (QED) is 0.153. The van der Waals surface area contributed by atoms with Crippen LogP contribution in [0.2, 0.25) is 0 Å². The van der Waals surface area contributed by atoms with E-state index in [-0.39, 0.29) is 12.0 Å². The van der Waals surface area contributed by atoms with Crippen molar-refractivity contribution in [3.05, 3.63) is 54.1 Å². The molecule has 0 spiro atoms. The zero-order valence-electron chi connectivity index (χ0n) is 76.1. The number of nitrogens with two attached hydrogens (primary N) is 16. The number of allylic oxidation sites excluding steroid dienone is 2. The summed E-state index contributed by atoms with van der Waals surface area (Å²) in [7, 11) is 12.8. The lowest BCUT2D eigenvalue weighted by Gasteiger charge is -2.28. The second-order valence-corrected chi connectivity index (χ2v) is 33.1. The monoisotopic (exact) mass is 1690 g/mol. The van der Waals surface area contributed by atoms with E-state index in [0.29, 0.717) is 0 Å². The van der Waals surface area contributed by atoms with Crippen molar-refractivity contribution < 1.29 is 19.8 Å². The molecule has 1 atom stereocenters. The highest BCUT2D eigenvalue weighted by Gasteiger charge is 2.34. The summed E-state index contributed by atoms with van der Waals surface area (Å²) in [6, 6.07) is 9.60. The van der Waals surface area contributed by atoms with Gasteiger partial charge in [0.2, 0.25) is 0 Å². The van der Waals surface area contributed by atoms with Gasteiger partial charge in [-0.1, -0.05) is 107 Å². The molecule has 12 aliphatic heterocycles. The van der Waals surface area contributed by atoms with Crippen LogP contribution in [-0.2, 0) is 9.59 Å². The number of rotatable bonds is 3. The molecule has 1 unspecified atom stereocenters. The van der Waals surface area contributed by atoms with Gasteiger partial charge in [0.25, 0.3) is 0 Å². The second-order valence-electron chi connectivity index (χ2n) is 33.1. The predicted octanol–water partition coefficient (Wildman–Crippen LogP) is 3.20. The molecule has 37 heteroatoms. The first-order valence-corrected chi connectivity index (χ1v) is 44.5. The number of nitrogens with zero attached hydrogens (tertiary/aromatic N) is 16. The minimum atomic E-state index is -1.08. The van der Waals surface area contributed by atoms with Gasteiger partial charge in [-0.25, -0.2) is 64.9 Å². The summed E-state index contributed by atoms with van der Waals surface area (Å²) in [4.78, 5) is 23.6. The highest BCUT2D eigenvalue weighted by atomic mass is 16.4. The number of likely N-dealkylation sites (N-methyl/N-ethyl adjacent to an activating group) is 1. The molecular formula is C81H187N33O4. The molecule has 1 aliphatic carbocycles. The van der Waals surface area contributed by atoms with Crippen LogP contribution in [0.4, 0.5) is 5.69 Å². The van der Waals surface area contributed by atoms with E-state index in [9.17, 15) is 9.59 Å². The maximum Gasteiger partial charge on any atom is 0.331 e. The molecule has 12 heterocycles. The zero-order chi connectivity index (χ0) is 88.8. The number of hydrazine groups is 16. The summed E-state index contributed by atoms with van der Waals surface area (Å²) in [6.45, 7) is 29.9. The number of piperidine rings is 11. The first kappa shape index (κ1) is 118. The van der Waals surface area contributed by atoms with E-state index in [2.05, 4.69) is 17.4 Å². The molecule has 0 aromatic heterocycles. The van der Waals surface area contributed by atoms with Crippen LogP contribution in [0.15, 0.2) is 54.1 Å². The molecule has 0 amide bonds. The average molecular weight is 1690 g/mol. The molecular weight excluding hydrogens is 1500 g/mol. The maximum atomic E-state index is 10.8. The van der Waals surface area contributed by atoms with E-state index >= 15 is 0 Å². The van der Waals surface area contributed by atoms with Crippen LogP contribution in [0.25, 0.3) is 0 Å². The Bertz CT molecular complexity index is 1980. The van der Waals surface area contributed by atoms with Crippen molar-refractivity contribution in [1.82, 2.24) is 80.0 Å². The number of carbonyl (C=O) groups is 2. The minimum absolute atomic E-state index is 0.0359. The van der Waals surface area contributed by atoms with Crippen LogP contribution < -0.4 is 98.9 Å². The van der Waals surface area contributed by atoms with Crippen molar-refractivity contribution >= 4 is 17.6 Å². The lowest BCUT2D eigenvalue weighted by Crippen LogP contribution is -2.47. The van der Waals surface area contributed by atoms with E-state index in [0.717, 1.165) is 176 Å². The van der Waals surface area contributed by atoms with Crippen molar-refractivity contribution in [2.75, 3.05) is 225 Å². The number of benzene rings is 1. The number of aliphatic carboxylic acids is 2. The third-order valence-electron chi connectivity index (χ3n) is 19.9. The molecule has 12 fully saturated rings. The minimum Gasteiger partial charge on any atom is -0.481 e. The average Bonchev–Trinajstić information content (AvgIpc) is 0.825. The van der Waals surface area contributed by atoms with Crippen LogP contribution >= 0.6 is 0 Å². The highest BCUT2D eigenvalue weighted by molar-refractivity contribution is 5.90. The molecule has 118 heavy (non-hydrogen) atoms. The van der Waals surface area contributed by atoms with Crippen molar-refractivity contribution in [3.8, 4) is 0 Å². The number of hydrogen-bond donors (Lipinski definition) is 19. The molecule has 1 aromatic rings. The standard InChI is InChI=1S/C9H10O4.C6H8N2.C5H13N3.11C5H12N2.3C2H8N2/c1-9(8(12)13)4-2-3-6(5-9)7(10)11;7-8-6-4-2-1-3-5-6;1-7-2-4-8(6)5-3-7;11*6-7-4-2-1-3-5-7;3*1-4(2)3/h2-4H,5H2,1H3,(H,10,11)(H,12,13);1-5,8H,7H2;2-6H2,1H3;11*1-6H2;3*3H2,1-2H3. The Morgan fingerprint density at radius 3 is 0.602 bits per heavy atom. The summed E-state index contributed by atoms with van der Waals surface area (Å²) in [5.41, 5.74) is 2.52. The number of piperazine rings is 1. The molecule has 0 saturated carbocycles. The fourth-order valence-corrected chi connectivity index (χ4v) is 12.6. The molecule has 13 aliphatic rings. The third kappa shape index (κ3) is 87.1. The number of nitrogens with one attached hydrogen (secondary N) is 1. The molecule has 35 N–H and O–H groups in total. The van der Waals surface area contributed by atoms with E-state index < -0.39 is 17.4 Å². The molecule has 1 aromatic carbocycles. The Hall–Kier alpha value is -3.84. The molecule has 37 nitrogen and oxygen atoms in total. The highest BCUT2D eigenvalue weighted by Crippen LogP contribution is 2.31. The maximum absolute atomic E-state index is 10.8. The molecule has 700 valence electrons. The van der Waals surface area contributed by atoms with Crippen molar-refractivity contribution in [2.24, 2.45) is 98.9 Å². The van der Waals surface area contributed by atoms with E-state index in [1.165, 1.54) is 252 Å². The van der Waals surface area contributed by atoms with Gasteiger partial charge in [-0.3, -0.25) is 113 Å². The van der Waals surface area contributed by atoms with Gasteiger partial charge in [0, 0.05) is 224 Å². The number of nitrogen functional groups attached to an aromatic ring is 1. The van der Waals surface area contributed by atoms with Crippen LogP contribution in [0.3, 0.4) is 0 Å². The van der Waals surface area contributed by atoms with Crippen LogP contribution in [-0.4, -0.2) is 322 Å². The second kappa shape index (κ2) is 82.7. The number of para-hydroxylation sites is 1. The number of anilines is 1. The van der Waals surface area contributed by atoms with Crippen molar-refractivity contribution in [1.29, 1.82) is 0 Å². The van der Waals surface area contributed by atoms with Gasteiger partial charge in [-0.15, -0.1) is 0 Å². The summed E-state index contributed by atoms with van der Waals surface area (Å²) in [6.07, 6.45) is 47.8. The summed E-state index contributed by atoms with van der Waals surface area (Å²) >= 11 is 0. The molecule has 0 radical (unpaired) electrons. The first-order chi connectivity index (χ1) is 56.2. The Labute approximate surface area is 717 Å². The van der Waals surface area contributed by atoms with Gasteiger partial charge >= 0.3 is 11.9 Å². The molecule has 12 saturated heterocycles. The Morgan fingerprint density at radius 1 is 0.314 bits per heavy atom. The first-order valence-electron chi connectivity index (χ1n) is 44.5. The SMILES string of the molecule is CC1(C(=O)O)C=CC=C(C(=O)O)C1.CN(C)N.CN(C)N.CN(C)N.CN1CCN(N)CC1.NN1CCCCC1.NN1CCCCC1.NN1CCCCC1.NN1CCCCC1.NN1CCCCC1.NN1CCCCC1.NN1CCCCC1.NN1CCCCC1.NN1CCCCC1.NN1CCCCC1.NN1CCCCC1.NNc1ccccc1. The summed E-state index contributed by atoms with van der Waals surface area (Å²) in [5.74, 6) is 83.5. The largest absolute Gasteiger partial charge is 0.481 e. The fourth-order valence-electron chi connectivity index (χ4n) is 12.6. The zero-order valence-corrected chi connectivity index (χ0v) is 76.1. The normalized spacial score (nSPS) is 22.7. The van der Waals surface area contributed by atoms with Crippen molar-refractivity contribution in [2.45, 2.75) is 225 Å². The van der Waals surface area contributed by atoms with Crippen LogP contribution in [0.1, 0.15) is 225 Å². The van der Waals surface area contributed by atoms with Crippen LogP contribution in [0, 0.1) is 5.41 Å². The predicted molar refractivity (Wildman–Crippen MR) is 492 cm³/mol. The van der Waals surface area contributed by atoms with Gasteiger partial charge in [-0.2, -0.15) is 0 Å². The molecule has 14 rings (SSSR count). The fraction of sp³-hybridized carbons (Fsp3) is 0.852. The van der Waals surface area contributed by atoms with Gasteiger partial charge in [0.05, 0.1) is 5.41 Å². The van der Waals surface area contributed by atoms with E-state index in [4.69, 9.17) is 104 Å². The van der Waals surface area contributed by atoms with Gasteiger partial charge < -0.3 is 20.5 Å². The van der Waals surface area contributed by atoms with Crippen molar-refractivity contribution in [3.63, 3.8) is 0 Å². The van der Waals surface area contributed by atoms with Gasteiger partial charge in [0.15, 0.2) is 0 Å². The summed E-state index contributed by atoms with van der Waals surface area (Å²) < 4.78 is 0. The lowest BCUT2D eigenvalue weighted by molar-refractivity contribution is -0.145.